The van der Waals surface area contributed by atoms with E-state index in [9.17, 15) is 9.59 Å². The number of hydrogen-bond donors (Lipinski definition) is 2. The van der Waals surface area contributed by atoms with Gasteiger partial charge in [-0.15, -0.1) is 0 Å². The second-order valence-corrected chi connectivity index (χ2v) is 3.06. The Labute approximate surface area is 81.5 Å². The summed E-state index contributed by atoms with van der Waals surface area (Å²) in [6, 6.07) is 2.52. The predicted octanol–water partition coefficient (Wildman–Crippen LogP) is 1.13. The number of carbonyl (C=O) groups excluding carboxylic acids is 2. The highest BCUT2D eigenvalue weighted by atomic mass is 16.3. The van der Waals surface area contributed by atoms with Crippen molar-refractivity contribution < 1.29 is 14.0 Å². The molecule has 0 unspecified atom stereocenters. The minimum atomic E-state index is -0.548. The predicted molar refractivity (Wildman–Crippen MR) is 49.8 cm³/mol. The molecule has 0 radical (unpaired) electrons. The van der Waals surface area contributed by atoms with E-state index in [0.29, 0.717) is 0 Å². The standard InChI is InChI=1S/C9H12N2O3/c1-6(2)10-9(13)11-8(12)7-4-3-5-14-7/h3-6H,1-2H3,(H2,10,11,12,13). The molecule has 0 atom stereocenters. The largest absolute Gasteiger partial charge is 0.459 e. The number of carbonyl (C=O) groups is 2. The zero-order valence-corrected chi connectivity index (χ0v) is 8.03. The normalized spacial score (nSPS) is 9.93. The Hall–Kier alpha value is -1.78. The lowest BCUT2D eigenvalue weighted by Gasteiger charge is -2.07. The number of hydrogen-bond acceptors (Lipinski definition) is 3. The van der Waals surface area contributed by atoms with Crippen LogP contribution in [0.2, 0.25) is 0 Å². The van der Waals surface area contributed by atoms with Crippen LogP contribution in [0.15, 0.2) is 22.8 Å². The van der Waals surface area contributed by atoms with E-state index in [1.807, 2.05) is 0 Å². The SMILES string of the molecule is CC(C)NC(=O)NC(=O)c1ccco1. The van der Waals surface area contributed by atoms with Gasteiger partial charge < -0.3 is 9.73 Å². The van der Waals surface area contributed by atoms with E-state index in [1.54, 1.807) is 19.9 Å². The number of urea groups is 1. The fourth-order valence-electron chi connectivity index (χ4n) is 0.871. The molecule has 0 fully saturated rings. The lowest BCUT2D eigenvalue weighted by molar-refractivity contribution is 0.0936. The first-order chi connectivity index (χ1) is 6.59. The molecule has 3 amide bonds. The molecule has 0 aliphatic carbocycles. The van der Waals surface area contributed by atoms with Crippen LogP contribution in [0, 0.1) is 0 Å². The number of amides is 3. The minimum Gasteiger partial charge on any atom is -0.459 e. The van der Waals surface area contributed by atoms with E-state index in [0.717, 1.165) is 0 Å². The van der Waals surface area contributed by atoms with E-state index >= 15 is 0 Å². The van der Waals surface area contributed by atoms with Gasteiger partial charge in [0.25, 0.3) is 5.91 Å². The Balaban J connectivity index is 2.46. The molecule has 0 saturated heterocycles. The number of nitrogens with one attached hydrogen (secondary N) is 2. The van der Waals surface area contributed by atoms with Crippen LogP contribution in [0.4, 0.5) is 4.79 Å². The lowest BCUT2D eigenvalue weighted by atomic mass is 10.4. The Morgan fingerprint density at radius 2 is 2.14 bits per heavy atom. The third kappa shape index (κ3) is 2.93. The van der Waals surface area contributed by atoms with Crippen molar-refractivity contribution >= 4 is 11.9 Å². The van der Waals surface area contributed by atoms with Crippen LogP contribution >= 0.6 is 0 Å². The highest BCUT2D eigenvalue weighted by Gasteiger charge is 2.12. The summed E-state index contributed by atoms with van der Waals surface area (Å²) in [7, 11) is 0. The molecule has 0 aliphatic rings. The van der Waals surface area contributed by atoms with E-state index in [1.165, 1.54) is 12.3 Å². The van der Waals surface area contributed by atoms with Gasteiger partial charge in [0, 0.05) is 6.04 Å². The van der Waals surface area contributed by atoms with E-state index in [2.05, 4.69) is 10.6 Å². The topological polar surface area (TPSA) is 71.3 Å². The smallest absolute Gasteiger partial charge is 0.321 e. The molecule has 5 heteroatoms. The van der Waals surface area contributed by atoms with E-state index in [-0.39, 0.29) is 11.8 Å². The van der Waals surface area contributed by atoms with Crippen LogP contribution in [0.1, 0.15) is 24.4 Å². The third-order valence-electron chi connectivity index (χ3n) is 1.39. The first-order valence-electron chi connectivity index (χ1n) is 4.25. The molecule has 76 valence electrons. The molecule has 1 aromatic heterocycles. The molecule has 0 aliphatic heterocycles. The van der Waals surface area contributed by atoms with Gasteiger partial charge in [-0.1, -0.05) is 0 Å². The van der Waals surface area contributed by atoms with E-state index < -0.39 is 11.9 Å². The van der Waals surface area contributed by atoms with Crippen molar-refractivity contribution in [3.8, 4) is 0 Å². The highest BCUT2D eigenvalue weighted by Crippen LogP contribution is 1.98. The van der Waals surface area contributed by atoms with Crippen molar-refractivity contribution in [2.75, 3.05) is 0 Å². The highest BCUT2D eigenvalue weighted by molar-refractivity contribution is 6.02. The molecule has 0 saturated carbocycles. The summed E-state index contributed by atoms with van der Waals surface area (Å²) in [6.07, 6.45) is 1.37. The van der Waals surface area contributed by atoms with Gasteiger partial charge >= 0.3 is 6.03 Å². The zero-order chi connectivity index (χ0) is 10.6. The second-order valence-electron chi connectivity index (χ2n) is 3.06. The minimum absolute atomic E-state index is 0.0144. The fraction of sp³-hybridized carbons (Fsp3) is 0.333. The van der Waals surface area contributed by atoms with Gasteiger partial charge in [0.05, 0.1) is 6.26 Å². The maximum atomic E-state index is 11.2. The van der Waals surface area contributed by atoms with Crippen molar-refractivity contribution in [1.29, 1.82) is 0 Å². The quantitative estimate of drug-likeness (QED) is 0.744. The van der Waals surface area contributed by atoms with Crippen LogP contribution in [-0.2, 0) is 0 Å². The molecule has 0 aromatic carbocycles. The molecule has 0 spiro atoms. The average Bonchev–Trinajstić information content (AvgIpc) is 2.53. The monoisotopic (exact) mass is 196 g/mol. The molecular formula is C9H12N2O3. The summed E-state index contributed by atoms with van der Waals surface area (Å²) in [6.45, 7) is 3.61. The first-order valence-corrected chi connectivity index (χ1v) is 4.25. The molecule has 0 bridgehead atoms. The Bertz CT molecular complexity index is 317. The maximum Gasteiger partial charge on any atom is 0.321 e. The number of rotatable bonds is 2. The summed E-state index contributed by atoms with van der Waals surface area (Å²) in [5, 5.41) is 4.65. The van der Waals surface area contributed by atoms with Gasteiger partial charge in [-0.05, 0) is 26.0 Å². The van der Waals surface area contributed by atoms with Gasteiger partial charge in [-0.25, -0.2) is 4.79 Å². The average molecular weight is 196 g/mol. The first kappa shape index (κ1) is 10.3. The zero-order valence-electron chi connectivity index (χ0n) is 8.03. The maximum absolute atomic E-state index is 11.2. The molecule has 1 heterocycles. The van der Waals surface area contributed by atoms with Crippen molar-refractivity contribution in [3.05, 3.63) is 24.2 Å². The summed E-state index contributed by atoms with van der Waals surface area (Å²) in [5.74, 6) is -0.433. The summed E-state index contributed by atoms with van der Waals surface area (Å²) in [4.78, 5) is 22.3. The lowest BCUT2D eigenvalue weighted by Crippen LogP contribution is -2.42. The number of imide groups is 1. The Kier molecular flexibility index (Phi) is 3.28. The third-order valence-corrected chi connectivity index (χ3v) is 1.39. The van der Waals surface area contributed by atoms with Crippen LogP contribution in [0.25, 0.3) is 0 Å². The van der Waals surface area contributed by atoms with Crippen LogP contribution in [0.5, 0.6) is 0 Å². The molecule has 1 aromatic rings. The molecule has 1 rings (SSSR count). The summed E-state index contributed by atoms with van der Waals surface area (Å²) >= 11 is 0. The van der Waals surface area contributed by atoms with Crippen molar-refractivity contribution in [3.63, 3.8) is 0 Å². The van der Waals surface area contributed by atoms with Crippen LogP contribution in [0.3, 0.4) is 0 Å². The molecule has 14 heavy (non-hydrogen) atoms. The van der Waals surface area contributed by atoms with E-state index in [4.69, 9.17) is 4.42 Å². The van der Waals surface area contributed by atoms with Crippen molar-refractivity contribution in [2.24, 2.45) is 0 Å². The Morgan fingerprint density at radius 3 is 2.64 bits per heavy atom. The van der Waals surface area contributed by atoms with Crippen molar-refractivity contribution in [2.45, 2.75) is 19.9 Å². The van der Waals surface area contributed by atoms with Gasteiger partial charge in [0.15, 0.2) is 5.76 Å². The molecular weight excluding hydrogens is 184 g/mol. The summed E-state index contributed by atoms with van der Waals surface area (Å²) in [5.41, 5.74) is 0. The number of furan rings is 1. The van der Waals surface area contributed by atoms with Gasteiger partial charge in [-0.3, -0.25) is 10.1 Å². The fourth-order valence-corrected chi connectivity index (χ4v) is 0.871. The summed E-state index contributed by atoms with van der Waals surface area (Å²) < 4.78 is 4.81. The van der Waals surface area contributed by atoms with Gasteiger partial charge in [-0.2, -0.15) is 0 Å². The molecule has 5 nitrogen and oxygen atoms in total. The second kappa shape index (κ2) is 4.45. The molecule has 2 N–H and O–H groups in total. The Morgan fingerprint density at radius 1 is 1.43 bits per heavy atom. The van der Waals surface area contributed by atoms with Crippen molar-refractivity contribution in [1.82, 2.24) is 10.6 Å². The van der Waals surface area contributed by atoms with Crippen LogP contribution < -0.4 is 10.6 Å². The van der Waals surface area contributed by atoms with Gasteiger partial charge in [0.2, 0.25) is 0 Å². The van der Waals surface area contributed by atoms with Crippen LogP contribution in [-0.4, -0.2) is 18.0 Å². The van der Waals surface area contributed by atoms with Gasteiger partial charge in [0.1, 0.15) is 0 Å².